The molecular weight excluding hydrogens is 434 g/mol. The van der Waals surface area contributed by atoms with E-state index >= 15 is 0 Å². The number of nitrogens with zero attached hydrogens (tertiary/aromatic N) is 1. The van der Waals surface area contributed by atoms with E-state index in [1.807, 2.05) is 53.4 Å². The van der Waals surface area contributed by atoms with Gasteiger partial charge in [-0.15, -0.1) is 0 Å². The van der Waals surface area contributed by atoms with Gasteiger partial charge < -0.3 is 16.0 Å². The van der Waals surface area contributed by atoms with Crippen LogP contribution in [0.25, 0.3) is 0 Å². The minimum Gasteiger partial charge on any atom is -0.337 e. The lowest BCUT2D eigenvalue weighted by Gasteiger charge is -2.35. The number of nitrogens with one attached hydrogen (secondary N) is 1. The van der Waals surface area contributed by atoms with Crippen LogP contribution in [0.4, 0.5) is 5.69 Å². The number of benzene rings is 2. The second kappa shape index (κ2) is 11.4. The normalized spacial score (nSPS) is 15.0. The summed E-state index contributed by atoms with van der Waals surface area (Å²) in [6.07, 6.45) is 5.36. The van der Waals surface area contributed by atoms with Crippen molar-refractivity contribution < 1.29 is 9.59 Å². The van der Waals surface area contributed by atoms with Gasteiger partial charge >= 0.3 is 0 Å². The maximum atomic E-state index is 13.6. The average molecular weight is 478 g/mol. The molecule has 0 aromatic heterocycles. The molecule has 3 N–H and O–H groups in total. The van der Waals surface area contributed by atoms with Crippen LogP contribution in [0.15, 0.2) is 48.5 Å². The van der Waals surface area contributed by atoms with Crippen LogP contribution in [-0.4, -0.2) is 29.8 Å². The van der Waals surface area contributed by atoms with Crippen molar-refractivity contribution in [2.24, 2.45) is 17.1 Å². The van der Waals surface area contributed by atoms with Crippen LogP contribution in [0.1, 0.15) is 88.2 Å². The van der Waals surface area contributed by atoms with Crippen molar-refractivity contribution in [2.45, 2.75) is 78.7 Å². The van der Waals surface area contributed by atoms with Crippen molar-refractivity contribution in [2.75, 3.05) is 18.4 Å². The molecule has 0 unspecified atom stereocenters. The summed E-state index contributed by atoms with van der Waals surface area (Å²) in [5, 5.41) is 3.08. The lowest BCUT2D eigenvalue weighted by atomic mass is 9.86. The molecule has 0 heterocycles. The number of rotatable bonds is 8. The first-order chi connectivity index (χ1) is 16.5. The summed E-state index contributed by atoms with van der Waals surface area (Å²) in [5.41, 5.74) is 9.36. The van der Waals surface area contributed by atoms with Crippen LogP contribution >= 0.6 is 0 Å². The molecule has 5 nitrogen and oxygen atoms in total. The zero-order chi connectivity index (χ0) is 25.6. The Kier molecular flexibility index (Phi) is 8.76. The fraction of sp³-hybridized carbons (Fsp3) is 0.533. The van der Waals surface area contributed by atoms with Gasteiger partial charge in [0.15, 0.2) is 0 Å². The highest BCUT2D eigenvalue weighted by Crippen LogP contribution is 2.29. The molecule has 1 fully saturated rings. The van der Waals surface area contributed by atoms with Gasteiger partial charge in [-0.1, -0.05) is 84.2 Å². The number of amides is 2. The van der Waals surface area contributed by atoms with Crippen molar-refractivity contribution in [3.05, 3.63) is 65.2 Å². The summed E-state index contributed by atoms with van der Waals surface area (Å²) in [5.74, 6) is 0.149. The Morgan fingerprint density at radius 3 is 2.17 bits per heavy atom. The molecule has 0 spiro atoms. The molecule has 190 valence electrons. The number of para-hydroxylation sites is 1. The Bertz CT molecular complexity index is 999. The molecule has 0 bridgehead atoms. The number of nitrogens with two attached hydrogens (primary N) is 1. The maximum absolute atomic E-state index is 13.6. The molecule has 0 saturated heterocycles. The molecule has 0 radical (unpaired) electrons. The molecule has 2 aromatic carbocycles. The molecule has 1 saturated carbocycles. The zero-order valence-corrected chi connectivity index (χ0v) is 22.2. The average Bonchev–Trinajstić information content (AvgIpc) is 2.84. The van der Waals surface area contributed by atoms with Crippen molar-refractivity contribution in [3.63, 3.8) is 0 Å². The van der Waals surface area contributed by atoms with Gasteiger partial charge in [0.2, 0.25) is 5.91 Å². The Morgan fingerprint density at radius 1 is 0.943 bits per heavy atom. The largest absolute Gasteiger partial charge is 0.337 e. The van der Waals surface area contributed by atoms with E-state index in [0.29, 0.717) is 25.2 Å². The highest BCUT2D eigenvalue weighted by Gasteiger charge is 2.30. The summed E-state index contributed by atoms with van der Waals surface area (Å²) in [7, 11) is 0. The summed E-state index contributed by atoms with van der Waals surface area (Å²) in [4.78, 5) is 28.6. The minimum atomic E-state index is -0.183. The van der Waals surface area contributed by atoms with Gasteiger partial charge in [-0.25, -0.2) is 0 Å². The van der Waals surface area contributed by atoms with Gasteiger partial charge in [0.05, 0.1) is 0 Å². The van der Waals surface area contributed by atoms with Gasteiger partial charge in [0.25, 0.3) is 5.91 Å². The smallest absolute Gasteiger partial charge is 0.255 e. The molecular formula is C30H43N3O2. The van der Waals surface area contributed by atoms with E-state index in [1.54, 1.807) is 0 Å². The third kappa shape index (κ3) is 7.41. The number of hydrogen-bond donors (Lipinski definition) is 2. The van der Waals surface area contributed by atoms with Crippen molar-refractivity contribution >= 4 is 17.5 Å². The lowest BCUT2D eigenvalue weighted by molar-refractivity contribution is -0.138. The third-order valence-corrected chi connectivity index (χ3v) is 7.08. The van der Waals surface area contributed by atoms with E-state index in [1.165, 1.54) is 12.0 Å². The number of anilines is 1. The molecule has 1 aliphatic rings. The van der Waals surface area contributed by atoms with Crippen LogP contribution in [-0.2, 0) is 16.8 Å². The van der Waals surface area contributed by atoms with Gasteiger partial charge in [0, 0.05) is 30.3 Å². The van der Waals surface area contributed by atoms with Gasteiger partial charge in [-0.05, 0) is 59.5 Å². The highest BCUT2D eigenvalue weighted by atomic mass is 16.2. The summed E-state index contributed by atoms with van der Waals surface area (Å²) < 4.78 is 0. The fourth-order valence-corrected chi connectivity index (χ4v) is 4.70. The molecule has 2 amide bonds. The fourth-order valence-electron chi connectivity index (χ4n) is 4.70. The molecule has 5 heteroatoms. The first kappa shape index (κ1) is 26.9. The zero-order valence-electron chi connectivity index (χ0n) is 22.2. The SMILES string of the molecule is CC(C)(CN)CN(Cc1ccccc1NC(=O)c1ccc(C(C)(C)C)cc1)C(=O)C1CCCCC1. The van der Waals surface area contributed by atoms with E-state index in [9.17, 15) is 9.59 Å². The van der Waals surface area contributed by atoms with E-state index in [2.05, 4.69) is 39.9 Å². The number of carbonyl (C=O) groups is 2. The standard InChI is InChI=1S/C30H43N3O2/c1-29(2,3)25-17-15-22(16-18-25)27(34)32-26-14-10-9-13-24(26)19-33(21-30(4,5)20-31)28(35)23-11-7-6-8-12-23/h9-10,13-18,23H,6-8,11-12,19-21,31H2,1-5H3,(H,32,34). The maximum Gasteiger partial charge on any atom is 0.255 e. The highest BCUT2D eigenvalue weighted by molar-refractivity contribution is 6.04. The second-order valence-corrected chi connectivity index (χ2v) is 11.8. The van der Waals surface area contributed by atoms with Crippen LogP contribution in [0.3, 0.4) is 0 Å². The summed E-state index contributed by atoms with van der Waals surface area (Å²) in [6, 6.07) is 15.6. The topological polar surface area (TPSA) is 75.4 Å². The third-order valence-electron chi connectivity index (χ3n) is 7.08. The number of hydrogen-bond acceptors (Lipinski definition) is 3. The van der Waals surface area contributed by atoms with Gasteiger partial charge in [-0.2, -0.15) is 0 Å². The summed E-state index contributed by atoms with van der Waals surface area (Å²) >= 11 is 0. The minimum absolute atomic E-state index is 0.0350. The number of carbonyl (C=O) groups excluding carboxylic acids is 2. The lowest BCUT2D eigenvalue weighted by Crippen LogP contribution is -2.44. The summed E-state index contributed by atoms with van der Waals surface area (Å²) in [6.45, 7) is 12.2. The predicted molar refractivity (Wildman–Crippen MR) is 144 cm³/mol. The van der Waals surface area contributed by atoms with E-state index in [0.717, 1.165) is 36.9 Å². The van der Waals surface area contributed by atoms with E-state index in [4.69, 9.17) is 5.73 Å². The van der Waals surface area contributed by atoms with E-state index in [-0.39, 0.29) is 28.6 Å². The molecule has 3 rings (SSSR count). The van der Waals surface area contributed by atoms with Crippen LogP contribution in [0.5, 0.6) is 0 Å². The predicted octanol–water partition coefficient (Wildman–Crippen LogP) is 6.13. The first-order valence-electron chi connectivity index (χ1n) is 13.0. The quantitative estimate of drug-likeness (QED) is 0.480. The Labute approximate surface area is 211 Å². The van der Waals surface area contributed by atoms with Crippen LogP contribution in [0, 0.1) is 11.3 Å². The first-order valence-corrected chi connectivity index (χ1v) is 13.0. The van der Waals surface area contributed by atoms with Crippen molar-refractivity contribution in [3.8, 4) is 0 Å². The molecule has 0 aliphatic heterocycles. The molecule has 35 heavy (non-hydrogen) atoms. The second-order valence-electron chi connectivity index (χ2n) is 11.8. The Balaban J connectivity index is 1.80. The van der Waals surface area contributed by atoms with Crippen LogP contribution < -0.4 is 11.1 Å². The van der Waals surface area contributed by atoms with E-state index < -0.39 is 0 Å². The molecule has 0 atom stereocenters. The molecule has 2 aromatic rings. The Hall–Kier alpha value is -2.66. The van der Waals surface area contributed by atoms with Gasteiger partial charge in [0.1, 0.15) is 0 Å². The van der Waals surface area contributed by atoms with Crippen molar-refractivity contribution in [1.29, 1.82) is 0 Å². The molecule has 1 aliphatic carbocycles. The Morgan fingerprint density at radius 2 is 1.57 bits per heavy atom. The van der Waals surface area contributed by atoms with Crippen molar-refractivity contribution in [1.82, 2.24) is 4.90 Å². The van der Waals surface area contributed by atoms with Crippen LogP contribution in [0.2, 0.25) is 0 Å². The monoisotopic (exact) mass is 477 g/mol. The van der Waals surface area contributed by atoms with Gasteiger partial charge in [-0.3, -0.25) is 9.59 Å².